The first-order valence-electron chi connectivity index (χ1n) is 16.6. The van der Waals surface area contributed by atoms with Crippen molar-refractivity contribution in [2.45, 2.75) is 64.8 Å². The van der Waals surface area contributed by atoms with Crippen molar-refractivity contribution in [3.8, 4) is 11.5 Å². The number of methoxy groups -OCH3 is 1. The molecule has 0 saturated heterocycles. The van der Waals surface area contributed by atoms with Crippen molar-refractivity contribution in [2.24, 2.45) is 5.92 Å². The van der Waals surface area contributed by atoms with E-state index in [0.717, 1.165) is 37.1 Å². The first kappa shape index (κ1) is 36.6. The van der Waals surface area contributed by atoms with Gasteiger partial charge in [0.15, 0.2) is 0 Å². The molecule has 48 heavy (non-hydrogen) atoms. The van der Waals surface area contributed by atoms with Crippen molar-refractivity contribution in [3.63, 3.8) is 0 Å². The standard InChI is InChI=1S/C37H49FN4O6/c1-25-21-42(26(2)24-43)36(44)33-20-31(40-37(45)39-30-13-11-29(38)12-14-30)15-18-34(33)48-27(3)8-6-7-19-47-35(25)23-41(4)22-28-9-16-32(46-5)17-10-28/h9-18,20,25-27,35,43H,6-8,19,21-24H2,1-5H3,(H2,39,40,45)/t25-,26-,27-,35-/m1/s1. The summed E-state index contributed by atoms with van der Waals surface area (Å²) < 4.78 is 31.4. The van der Waals surface area contributed by atoms with Crippen LogP contribution < -0.4 is 20.1 Å². The van der Waals surface area contributed by atoms with Crippen LogP contribution in [0.15, 0.2) is 66.7 Å². The molecule has 3 aromatic rings. The highest BCUT2D eigenvalue weighted by Crippen LogP contribution is 2.29. The Hall–Kier alpha value is -4.19. The van der Waals surface area contributed by atoms with E-state index in [1.807, 2.05) is 31.2 Å². The van der Waals surface area contributed by atoms with Crippen molar-refractivity contribution in [3.05, 3.63) is 83.7 Å². The summed E-state index contributed by atoms with van der Waals surface area (Å²) in [6.45, 7) is 7.91. The minimum Gasteiger partial charge on any atom is -0.497 e. The van der Waals surface area contributed by atoms with Gasteiger partial charge in [0.1, 0.15) is 17.3 Å². The Bertz CT molecular complexity index is 1470. The number of anilines is 2. The van der Waals surface area contributed by atoms with Gasteiger partial charge >= 0.3 is 6.03 Å². The van der Waals surface area contributed by atoms with Crippen LogP contribution in [0.4, 0.5) is 20.6 Å². The molecule has 11 heteroatoms. The second kappa shape index (κ2) is 17.8. The fraction of sp³-hybridized carbons (Fsp3) is 0.459. The number of nitrogens with one attached hydrogen (secondary N) is 2. The Morgan fingerprint density at radius 2 is 1.75 bits per heavy atom. The number of benzene rings is 3. The summed E-state index contributed by atoms with van der Waals surface area (Å²) in [6, 6.07) is 17.3. The molecule has 3 N–H and O–H groups in total. The lowest BCUT2D eigenvalue weighted by atomic mass is 10.0. The van der Waals surface area contributed by atoms with Crippen LogP contribution in [0.25, 0.3) is 0 Å². The number of carbonyl (C=O) groups is 2. The SMILES string of the molecule is COc1ccc(CN(C)C[C@H]2OCCCC[C@@H](C)Oc3ccc(NC(=O)Nc4ccc(F)cc4)cc3C(=O)N([C@H](C)CO)C[C@H]2C)cc1. The Kier molecular flexibility index (Phi) is 13.6. The third kappa shape index (κ3) is 10.7. The summed E-state index contributed by atoms with van der Waals surface area (Å²) in [4.78, 5) is 31.0. The van der Waals surface area contributed by atoms with E-state index in [1.54, 1.807) is 37.1 Å². The maximum Gasteiger partial charge on any atom is 0.323 e. The number of amides is 3. The first-order valence-corrected chi connectivity index (χ1v) is 16.6. The number of fused-ring (bicyclic) bond motifs is 1. The molecule has 0 fully saturated rings. The number of carbonyl (C=O) groups excluding carboxylic acids is 2. The van der Waals surface area contributed by atoms with Gasteiger partial charge in [0.25, 0.3) is 5.91 Å². The molecule has 4 rings (SSSR count). The molecule has 3 aromatic carbocycles. The molecule has 0 radical (unpaired) electrons. The van der Waals surface area contributed by atoms with Crippen LogP contribution in [-0.4, -0.2) is 85.6 Å². The van der Waals surface area contributed by atoms with Crippen molar-refractivity contribution in [1.82, 2.24) is 9.80 Å². The molecule has 10 nitrogen and oxygen atoms in total. The second-order valence-corrected chi connectivity index (χ2v) is 12.6. The van der Waals surface area contributed by atoms with E-state index in [-0.39, 0.29) is 36.2 Å². The highest BCUT2D eigenvalue weighted by Gasteiger charge is 2.30. The number of urea groups is 1. The zero-order valence-electron chi connectivity index (χ0n) is 28.6. The molecule has 0 saturated carbocycles. The van der Waals surface area contributed by atoms with E-state index in [4.69, 9.17) is 14.2 Å². The summed E-state index contributed by atoms with van der Waals surface area (Å²) in [5.74, 6) is 0.411. The smallest absolute Gasteiger partial charge is 0.323 e. The zero-order valence-corrected chi connectivity index (χ0v) is 28.6. The number of hydrogen-bond donors (Lipinski definition) is 3. The lowest BCUT2D eigenvalue weighted by Gasteiger charge is -2.36. The monoisotopic (exact) mass is 664 g/mol. The van der Waals surface area contributed by atoms with Gasteiger partial charge in [-0.3, -0.25) is 9.69 Å². The summed E-state index contributed by atoms with van der Waals surface area (Å²) in [6.07, 6.45) is 2.19. The molecule has 0 unspecified atom stereocenters. The number of aliphatic hydroxyl groups excluding tert-OH is 1. The largest absolute Gasteiger partial charge is 0.497 e. The van der Waals surface area contributed by atoms with Gasteiger partial charge in [-0.1, -0.05) is 19.1 Å². The van der Waals surface area contributed by atoms with E-state index >= 15 is 0 Å². The number of nitrogens with zero attached hydrogens (tertiary/aromatic N) is 2. The highest BCUT2D eigenvalue weighted by atomic mass is 19.1. The van der Waals surface area contributed by atoms with Crippen molar-refractivity contribution >= 4 is 23.3 Å². The van der Waals surface area contributed by atoms with Crippen LogP contribution in [0.1, 0.15) is 56.0 Å². The van der Waals surface area contributed by atoms with Crippen molar-refractivity contribution in [1.29, 1.82) is 0 Å². The maximum absolute atomic E-state index is 14.4. The molecule has 1 aliphatic heterocycles. The number of hydrogen-bond acceptors (Lipinski definition) is 7. The number of likely N-dealkylation sites (N-methyl/N-ethyl adjacent to an activating group) is 1. The molecule has 4 atom stereocenters. The van der Waals surface area contributed by atoms with Gasteiger partial charge in [-0.05, 0) is 100 Å². The third-order valence-electron chi connectivity index (χ3n) is 8.51. The maximum atomic E-state index is 14.4. The second-order valence-electron chi connectivity index (χ2n) is 12.6. The van der Waals surface area contributed by atoms with Gasteiger partial charge in [0.2, 0.25) is 0 Å². The Labute approximate surface area is 283 Å². The number of aliphatic hydroxyl groups is 1. The predicted molar refractivity (Wildman–Crippen MR) is 185 cm³/mol. The summed E-state index contributed by atoms with van der Waals surface area (Å²) >= 11 is 0. The van der Waals surface area contributed by atoms with Gasteiger partial charge in [-0.2, -0.15) is 0 Å². The topological polar surface area (TPSA) is 113 Å². The lowest BCUT2D eigenvalue weighted by molar-refractivity contribution is -0.0177. The lowest BCUT2D eigenvalue weighted by Crippen LogP contribution is -2.47. The summed E-state index contributed by atoms with van der Waals surface area (Å²) in [7, 11) is 3.71. The fourth-order valence-corrected chi connectivity index (χ4v) is 5.70. The van der Waals surface area contributed by atoms with Crippen LogP contribution >= 0.6 is 0 Å². The molecule has 1 heterocycles. The Morgan fingerprint density at radius 1 is 1.06 bits per heavy atom. The van der Waals surface area contributed by atoms with Gasteiger partial charge in [0.05, 0.1) is 37.5 Å². The zero-order chi connectivity index (χ0) is 34.6. The van der Waals surface area contributed by atoms with Crippen molar-refractivity contribution < 1.29 is 33.3 Å². The quantitative estimate of drug-likeness (QED) is 0.243. The minimum absolute atomic E-state index is 0.0738. The van der Waals surface area contributed by atoms with Gasteiger partial charge in [-0.25, -0.2) is 9.18 Å². The molecule has 0 aliphatic carbocycles. The molecule has 3 amide bonds. The van der Waals surface area contributed by atoms with E-state index < -0.39 is 17.9 Å². The van der Waals surface area contributed by atoms with Crippen LogP contribution in [0.2, 0.25) is 0 Å². The molecule has 260 valence electrons. The van der Waals surface area contributed by atoms with Crippen LogP contribution in [0.5, 0.6) is 11.5 Å². The average molecular weight is 665 g/mol. The van der Waals surface area contributed by atoms with E-state index in [2.05, 4.69) is 29.5 Å². The molecule has 0 bridgehead atoms. The molecular weight excluding hydrogens is 615 g/mol. The third-order valence-corrected chi connectivity index (χ3v) is 8.51. The predicted octanol–water partition coefficient (Wildman–Crippen LogP) is 6.41. The molecular formula is C37H49FN4O6. The van der Waals surface area contributed by atoms with E-state index in [9.17, 15) is 19.1 Å². The normalized spacial score (nSPS) is 19.9. The van der Waals surface area contributed by atoms with E-state index in [0.29, 0.717) is 36.8 Å². The van der Waals surface area contributed by atoms with Gasteiger partial charge in [-0.15, -0.1) is 0 Å². The minimum atomic E-state index is -0.544. The van der Waals surface area contributed by atoms with Gasteiger partial charge in [0, 0.05) is 43.5 Å². The Morgan fingerprint density at radius 3 is 2.44 bits per heavy atom. The van der Waals surface area contributed by atoms with Crippen LogP contribution in [0, 0.1) is 11.7 Å². The summed E-state index contributed by atoms with van der Waals surface area (Å²) in [5.41, 5.74) is 2.23. The van der Waals surface area contributed by atoms with Crippen LogP contribution in [0.3, 0.4) is 0 Å². The Balaban J connectivity index is 1.57. The average Bonchev–Trinajstić information content (AvgIpc) is 3.07. The highest BCUT2D eigenvalue weighted by molar-refractivity contribution is 6.02. The number of rotatable bonds is 9. The van der Waals surface area contributed by atoms with Gasteiger partial charge < -0.3 is 34.9 Å². The summed E-state index contributed by atoms with van der Waals surface area (Å²) in [5, 5.41) is 15.7. The molecule has 0 aromatic heterocycles. The van der Waals surface area contributed by atoms with Crippen molar-refractivity contribution in [2.75, 3.05) is 51.1 Å². The fourth-order valence-electron chi connectivity index (χ4n) is 5.70. The van der Waals surface area contributed by atoms with Crippen LogP contribution in [-0.2, 0) is 11.3 Å². The van der Waals surface area contributed by atoms with E-state index in [1.165, 1.54) is 24.3 Å². The number of halogens is 1. The molecule has 1 aliphatic rings. The number of ether oxygens (including phenoxy) is 3. The first-order chi connectivity index (χ1) is 23.1. The molecule has 0 spiro atoms.